The predicted octanol–water partition coefficient (Wildman–Crippen LogP) is 5.90. The number of aromatic amines is 1. The minimum absolute atomic E-state index is 0.156. The molecule has 0 radical (unpaired) electrons. The molecule has 1 N–H and O–H groups in total. The van der Waals surface area contributed by atoms with Crippen LogP contribution in [0.1, 0.15) is 56.1 Å². The zero-order valence-electron chi connectivity index (χ0n) is 23.0. The summed E-state index contributed by atoms with van der Waals surface area (Å²) in [4.78, 5) is 33.2. The number of benzene rings is 2. The van der Waals surface area contributed by atoms with E-state index in [1.807, 2.05) is 13.0 Å². The van der Waals surface area contributed by atoms with E-state index in [-0.39, 0.29) is 17.9 Å². The molecule has 6 nitrogen and oxygen atoms in total. The van der Waals surface area contributed by atoms with Crippen LogP contribution in [0.4, 0.5) is 8.78 Å². The summed E-state index contributed by atoms with van der Waals surface area (Å²) in [6.07, 6.45) is 9.25. The Kier molecular flexibility index (Phi) is 8.94. The highest BCUT2D eigenvalue weighted by Crippen LogP contribution is 2.35. The molecule has 212 valence electrons. The average Bonchev–Trinajstić information content (AvgIpc) is 3.39. The molecule has 0 aliphatic carbocycles. The third kappa shape index (κ3) is 6.61. The van der Waals surface area contributed by atoms with Gasteiger partial charge in [-0.05, 0) is 99.4 Å². The Morgan fingerprint density at radius 1 is 1.02 bits per heavy atom. The fourth-order valence-corrected chi connectivity index (χ4v) is 6.24. The van der Waals surface area contributed by atoms with Crippen LogP contribution < -0.4 is 0 Å². The minimum atomic E-state index is -0.675. The molecule has 1 amide bonds. The molecule has 40 heavy (non-hydrogen) atoms. The lowest BCUT2D eigenvalue weighted by Gasteiger charge is -2.39. The van der Waals surface area contributed by atoms with E-state index in [1.54, 1.807) is 4.90 Å². The maximum atomic E-state index is 13.4. The molecule has 2 aliphatic heterocycles. The number of likely N-dealkylation sites (tertiary alicyclic amines) is 2. The third-order valence-electron chi connectivity index (χ3n) is 8.38. The lowest BCUT2D eigenvalue weighted by atomic mass is 9.86. The number of para-hydroxylation sites is 1. The van der Waals surface area contributed by atoms with E-state index in [1.165, 1.54) is 35.2 Å². The van der Waals surface area contributed by atoms with Crippen molar-refractivity contribution in [2.45, 2.75) is 51.0 Å². The van der Waals surface area contributed by atoms with E-state index in [0.29, 0.717) is 37.1 Å². The summed E-state index contributed by atoms with van der Waals surface area (Å²) < 4.78 is 32.3. The number of carbonyl (C=O) groups excluding carboxylic acids is 2. The highest BCUT2D eigenvalue weighted by Gasteiger charge is 2.35. The van der Waals surface area contributed by atoms with Crippen molar-refractivity contribution in [2.75, 3.05) is 32.8 Å². The molecule has 0 bridgehead atoms. The van der Waals surface area contributed by atoms with Crippen LogP contribution in [0.15, 0.2) is 54.7 Å². The van der Waals surface area contributed by atoms with Gasteiger partial charge in [-0.3, -0.25) is 14.5 Å². The highest BCUT2D eigenvalue weighted by atomic mass is 19.1. The van der Waals surface area contributed by atoms with Crippen molar-refractivity contribution in [3.8, 4) is 0 Å². The van der Waals surface area contributed by atoms with Gasteiger partial charge in [0.2, 0.25) is 5.91 Å². The molecule has 3 aromatic rings. The van der Waals surface area contributed by atoms with Gasteiger partial charge >= 0.3 is 5.97 Å². The number of esters is 1. The lowest BCUT2D eigenvalue weighted by Crippen LogP contribution is -2.48. The first-order valence-electron chi connectivity index (χ1n) is 14.3. The van der Waals surface area contributed by atoms with Crippen LogP contribution in [-0.2, 0) is 14.3 Å². The maximum absolute atomic E-state index is 13.4. The lowest BCUT2D eigenvalue weighted by molar-refractivity contribution is -0.151. The second-order valence-electron chi connectivity index (χ2n) is 10.9. The van der Waals surface area contributed by atoms with Gasteiger partial charge in [0, 0.05) is 42.3 Å². The van der Waals surface area contributed by atoms with E-state index in [4.69, 9.17) is 4.74 Å². The van der Waals surface area contributed by atoms with Crippen LogP contribution in [-0.4, -0.2) is 65.5 Å². The SMILES string of the molecule is CCOC(=O)C(CC1CCN(C(=O)C=Cc2cc(F)cc(F)c2)CC1)N1CCC(c2c[nH]c3ccccc23)CC1. The van der Waals surface area contributed by atoms with Gasteiger partial charge in [0.05, 0.1) is 6.61 Å². The van der Waals surface area contributed by atoms with Crippen LogP contribution in [0.25, 0.3) is 17.0 Å². The number of ether oxygens (including phenoxy) is 1. The van der Waals surface area contributed by atoms with Gasteiger partial charge in [-0.1, -0.05) is 18.2 Å². The summed E-state index contributed by atoms with van der Waals surface area (Å²) in [6, 6.07) is 11.3. The molecule has 2 saturated heterocycles. The molecule has 0 saturated carbocycles. The normalized spacial score (nSPS) is 18.4. The van der Waals surface area contributed by atoms with E-state index in [2.05, 4.69) is 34.3 Å². The topological polar surface area (TPSA) is 65.6 Å². The first-order valence-corrected chi connectivity index (χ1v) is 14.3. The molecule has 1 unspecified atom stereocenters. The second-order valence-corrected chi connectivity index (χ2v) is 10.9. The number of hydrogen-bond donors (Lipinski definition) is 1. The number of aromatic nitrogens is 1. The zero-order valence-corrected chi connectivity index (χ0v) is 23.0. The summed E-state index contributed by atoms with van der Waals surface area (Å²) in [5.41, 5.74) is 2.83. The Hall–Kier alpha value is -3.52. The van der Waals surface area contributed by atoms with Crippen LogP contribution in [0.5, 0.6) is 0 Å². The Morgan fingerprint density at radius 2 is 1.73 bits per heavy atom. The van der Waals surface area contributed by atoms with Crippen molar-refractivity contribution in [1.82, 2.24) is 14.8 Å². The molecule has 1 atom stereocenters. The summed E-state index contributed by atoms with van der Waals surface area (Å²) in [5, 5.41) is 1.28. The van der Waals surface area contributed by atoms with Crippen molar-refractivity contribution < 1.29 is 23.1 Å². The molecular weight excluding hydrogens is 512 g/mol. The summed E-state index contributed by atoms with van der Waals surface area (Å²) in [5.74, 6) is -0.911. The predicted molar refractivity (Wildman–Crippen MR) is 152 cm³/mol. The molecule has 2 aliphatic rings. The molecule has 1 aromatic heterocycles. The van der Waals surface area contributed by atoms with Crippen molar-refractivity contribution in [3.05, 3.63) is 77.5 Å². The van der Waals surface area contributed by atoms with Crippen molar-refractivity contribution in [3.63, 3.8) is 0 Å². The van der Waals surface area contributed by atoms with E-state index >= 15 is 0 Å². The Bertz CT molecular complexity index is 1330. The number of piperidine rings is 2. The van der Waals surface area contributed by atoms with Crippen molar-refractivity contribution in [2.24, 2.45) is 5.92 Å². The number of halogens is 2. The van der Waals surface area contributed by atoms with Crippen molar-refractivity contribution in [1.29, 1.82) is 0 Å². The molecule has 8 heteroatoms. The van der Waals surface area contributed by atoms with Gasteiger partial charge in [0.1, 0.15) is 17.7 Å². The molecule has 2 aromatic carbocycles. The van der Waals surface area contributed by atoms with Gasteiger partial charge < -0.3 is 14.6 Å². The van der Waals surface area contributed by atoms with Gasteiger partial charge in [-0.2, -0.15) is 0 Å². The summed E-state index contributed by atoms with van der Waals surface area (Å²) in [7, 11) is 0. The largest absolute Gasteiger partial charge is 0.465 e. The first-order chi connectivity index (χ1) is 19.4. The van der Waals surface area contributed by atoms with Crippen molar-refractivity contribution >= 4 is 28.9 Å². The quantitative estimate of drug-likeness (QED) is 0.281. The van der Waals surface area contributed by atoms with Gasteiger partial charge in [0.15, 0.2) is 0 Å². The number of amides is 1. The number of nitrogens with zero attached hydrogens (tertiary/aromatic N) is 2. The Balaban J connectivity index is 1.16. The number of carbonyl (C=O) groups is 2. The average molecular weight is 550 g/mol. The number of hydrogen-bond acceptors (Lipinski definition) is 4. The summed E-state index contributed by atoms with van der Waals surface area (Å²) in [6.45, 7) is 5.06. The van der Waals surface area contributed by atoms with Crippen LogP contribution in [0, 0.1) is 17.6 Å². The van der Waals surface area contributed by atoms with E-state index < -0.39 is 11.6 Å². The third-order valence-corrected chi connectivity index (χ3v) is 8.38. The number of H-pyrrole nitrogens is 1. The molecular formula is C32H37F2N3O3. The summed E-state index contributed by atoms with van der Waals surface area (Å²) >= 11 is 0. The van der Waals surface area contributed by atoms with Crippen LogP contribution in [0.3, 0.4) is 0 Å². The van der Waals surface area contributed by atoms with E-state index in [9.17, 15) is 18.4 Å². The number of rotatable bonds is 8. The zero-order chi connectivity index (χ0) is 28.1. The monoisotopic (exact) mass is 549 g/mol. The molecule has 0 spiro atoms. The van der Waals surface area contributed by atoms with Gasteiger partial charge in [-0.25, -0.2) is 8.78 Å². The fraction of sp³-hybridized carbons (Fsp3) is 0.438. The smallest absolute Gasteiger partial charge is 0.323 e. The highest BCUT2D eigenvalue weighted by molar-refractivity contribution is 5.91. The minimum Gasteiger partial charge on any atom is -0.465 e. The second kappa shape index (κ2) is 12.8. The first kappa shape index (κ1) is 28.0. The van der Waals surface area contributed by atoms with Crippen LogP contribution in [0.2, 0.25) is 0 Å². The molecule has 5 rings (SSSR count). The molecule has 2 fully saturated rings. The molecule has 3 heterocycles. The van der Waals surface area contributed by atoms with Gasteiger partial charge in [0.25, 0.3) is 0 Å². The van der Waals surface area contributed by atoms with Gasteiger partial charge in [-0.15, -0.1) is 0 Å². The van der Waals surface area contributed by atoms with E-state index in [0.717, 1.165) is 56.8 Å². The fourth-order valence-electron chi connectivity index (χ4n) is 6.24. The van der Waals surface area contributed by atoms with Crippen LogP contribution >= 0.6 is 0 Å². The number of nitrogens with one attached hydrogen (secondary N) is 1. The standard InChI is InChI=1S/C32H37F2N3O3/c1-2-40-32(39)30(36-15-11-24(12-16-36)28-21-35-29-6-4-3-5-27(28)29)19-22-9-13-37(14-10-22)31(38)8-7-23-17-25(33)20-26(34)18-23/h3-8,17-18,20-22,24,30,35H,2,9-16,19H2,1H3. The number of fused-ring (bicyclic) bond motifs is 1. The Labute approximate surface area is 234 Å². The maximum Gasteiger partial charge on any atom is 0.323 e. The Morgan fingerprint density at radius 3 is 2.42 bits per heavy atom.